The Morgan fingerprint density at radius 3 is 2.44 bits per heavy atom. The maximum Gasteiger partial charge on any atom is 0.401 e. The molecular weight excluding hydrogens is 253 g/mol. The molecule has 6 heteroatoms. The minimum atomic E-state index is -0.479. The second-order valence-electron chi connectivity index (χ2n) is 2.55. The zero-order chi connectivity index (χ0) is 9.80. The van der Waals surface area contributed by atoms with Crippen molar-refractivity contribution in [3.05, 3.63) is 48.4 Å². The molecule has 0 aliphatic carbocycles. The highest BCUT2D eigenvalue weighted by molar-refractivity contribution is 5.90. The van der Waals surface area contributed by atoms with E-state index >= 15 is 0 Å². The summed E-state index contributed by atoms with van der Waals surface area (Å²) in [6.45, 7) is 0. The van der Waals surface area contributed by atoms with E-state index in [1.54, 1.807) is 24.3 Å². The minimum absolute atomic E-state index is 0. The summed E-state index contributed by atoms with van der Waals surface area (Å²) in [7, 11) is 0. The number of oxazole rings is 1. The molecule has 0 N–H and O–H groups in total. The minimum Gasteiger partial charge on any atom is -0.417 e. The lowest BCUT2D eigenvalue weighted by Gasteiger charge is -1.97. The van der Waals surface area contributed by atoms with Gasteiger partial charge in [-0.3, -0.25) is 0 Å². The first kappa shape index (κ1) is 14.5. The average Bonchev–Trinajstić information content (AvgIpc) is 2.72. The molecule has 0 aliphatic rings. The zero-order valence-corrected chi connectivity index (χ0v) is 9.66. The first-order valence-corrected chi connectivity index (χ1v) is 4.03. The quantitative estimate of drug-likeness (QED) is 0.781. The Bertz CT molecular complexity index is 417. The fraction of sp³-hybridized carbons (Fsp3) is 0. The SMILES string of the molecule is Cl.Cl.O=C(Oc1ncco1)c1ccccc1. The van der Waals surface area contributed by atoms with Crippen molar-refractivity contribution in [1.82, 2.24) is 4.98 Å². The van der Waals surface area contributed by atoms with Crippen LogP contribution in [0, 0.1) is 0 Å². The molecule has 0 saturated carbocycles. The van der Waals surface area contributed by atoms with Gasteiger partial charge in [0.25, 0.3) is 0 Å². The molecule has 86 valence electrons. The van der Waals surface area contributed by atoms with Crippen LogP contribution in [0.1, 0.15) is 10.4 Å². The number of esters is 1. The molecule has 0 aliphatic heterocycles. The van der Waals surface area contributed by atoms with Gasteiger partial charge in [-0.05, 0) is 12.1 Å². The predicted molar refractivity (Wildman–Crippen MR) is 62.4 cm³/mol. The van der Waals surface area contributed by atoms with E-state index in [4.69, 9.17) is 9.15 Å². The Hall–Kier alpha value is -1.52. The lowest BCUT2D eigenvalue weighted by Crippen LogP contribution is -2.08. The van der Waals surface area contributed by atoms with E-state index in [-0.39, 0.29) is 30.9 Å². The van der Waals surface area contributed by atoms with Gasteiger partial charge in [-0.2, -0.15) is 4.98 Å². The normalized spacial score (nSPS) is 8.50. The van der Waals surface area contributed by atoms with Crippen LogP contribution in [0.4, 0.5) is 0 Å². The molecule has 2 rings (SSSR count). The second kappa shape index (κ2) is 6.87. The molecule has 0 bridgehead atoms. The standard InChI is InChI=1S/C10H7NO3.2ClH/c12-9(8-4-2-1-3-5-8)14-10-11-6-7-13-10;;/h1-7H;2*1H. The third-order valence-corrected chi connectivity index (χ3v) is 1.60. The summed E-state index contributed by atoms with van der Waals surface area (Å²) in [5.74, 6) is -0.479. The van der Waals surface area contributed by atoms with Crippen LogP contribution in [0.2, 0.25) is 0 Å². The van der Waals surface area contributed by atoms with E-state index in [0.29, 0.717) is 5.56 Å². The second-order valence-corrected chi connectivity index (χ2v) is 2.55. The summed E-state index contributed by atoms with van der Waals surface area (Å²) >= 11 is 0. The molecule has 0 amide bonds. The van der Waals surface area contributed by atoms with Crippen molar-refractivity contribution >= 4 is 30.8 Å². The van der Waals surface area contributed by atoms with Crippen molar-refractivity contribution in [2.75, 3.05) is 0 Å². The number of aromatic nitrogens is 1. The van der Waals surface area contributed by atoms with Gasteiger partial charge < -0.3 is 9.15 Å². The van der Waals surface area contributed by atoms with E-state index in [9.17, 15) is 4.79 Å². The molecule has 0 radical (unpaired) electrons. The van der Waals surface area contributed by atoms with Gasteiger partial charge in [-0.1, -0.05) is 18.2 Å². The maximum atomic E-state index is 11.4. The van der Waals surface area contributed by atoms with Gasteiger partial charge in [0, 0.05) is 0 Å². The average molecular weight is 262 g/mol. The monoisotopic (exact) mass is 261 g/mol. The van der Waals surface area contributed by atoms with Gasteiger partial charge in [-0.15, -0.1) is 24.8 Å². The number of carbonyl (C=O) groups excluding carboxylic acids is 1. The fourth-order valence-corrected chi connectivity index (χ4v) is 0.973. The molecule has 4 nitrogen and oxygen atoms in total. The van der Waals surface area contributed by atoms with Crippen LogP contribution in [-0.2, 0) is 0 Å². The molecule has 16 heavy (non-hydrogen) atoms. The summed E-state index contributed by atoms with van der Waals surface area (Å²) in [6.07, 6.45) is 2.71. The van der Waals surface area contributed by atoms with Crippen LogP contribution < -0.4 is 4.74 Å². The molecule has 1 aromatic carbocycles. The van der Waals surface area contributed by atoms with Crippen molar-refractivity contribution in [3.8, 4) is 6.08 Å². The first-order chi connectivity index (χ1) is 6.86. The smallest absolute Gasteiger partial charge is 0.401 e. The van der Waals surface area contributed by atoms with Gasteiger partial charge in [0.1, 0.15) is 6.26 Å². The molecule has 0 spiro atoms. The van der Waals surface area contributed by atoms with Gasteiger partial charge in [-0.25, -0.2) is 4.79 Å². The van der Waals surface area contributed by atoms with Crippen molar-refractivity contribution in [2.24, 2.45) is 0 Å². The van der Waals surface area contributed by atoms with E-state index in [2.05, 4.69) is 4.98 Å². The molecular formula is C10H9Cl2NO3. The number of nitrogens with zero attached hydrogens (tertiary/aromatic N) is 1. The number of benzene rings is 1. The van der Waals surface area contributed by atoms with Gasteiger partial charge in [0.2, 0.25) is 0 Å². The van der Waals surface area contributed by atoms with Crippen LogP contribution in [0.25, 0.3) is 0 Å². The van der Waals surface area contributed by atoms with E-state index < -0.39 is 5.97 Å². The lowest BCUT2D eigenvalue weighted by molar-refractivity contribution is 0.0683. The Balaban J connectivity index is 0.00000112. The molecule has 2 aromatic rings. The van der Waals surface area contributed by atoms with Crippen molar-refractivity contribution < 1.29 is 13.9 Å². The van der Waals surface area contributed by atoms with Gasteiger partial charge in [0.05, 0.1) is 11.8 Å². The topological polar surface area (TPSA) is 52.3 Å². The summed E-state index contributed by atoms with van der Waals surface area (Å²) in [6, 6.07) is 8.65. The molecule has 1 heterocycles. The summed E-state index contributed by atoms with van der Waals surface area (Å²) in [5, 5.41) is 0. The number of hydrogen-bond donors (Lipinski definition) is 0. The van der Waals surface area contributed by atoms with Gasteiger partial charge >= 0.3 is 12.0 Å². The molecule has 1 aromatic heterocycles. The number of ether oxygens (including phenoxy) is 1. The third-order valence-electron chi connectivity index (χ3n) is 1.60. The Kier molecular flexibility index (Phi) is 6.22. The van der Waals surface area contributed by atoms with Crippen LogP contribution in [0.15, 0.2) is 47.2 Å². The first-order valence-electron chi connectivity index (χ1n) is 4.03. The van der Waals surface area contributed by atoms with Crippen molar-refractivity contribution in [2.45, 2.75) is 0 Å². The molecule has 0 saturated heterocycles. The van der Waals surface area contributed by atoms with E-state index in [0.717, 1.165) is 0 Å². The van der Waals surface area contributed by atoms with Crippen molar-refractivity contribution in [1.29, 1.82) is 0 Å². The largest absolute Gasteiger partial charge is 0.417 e. The fourth-order valence-electron chi connectivity index (χ4n) is 0.973. The summed E-state index contributed by atoms with van der Waals surface area (Å²) < 4.78 is 9.60. The summed E-state index contributed by atoms with van der Waals surface area (Å²) in [4.78, 5) is 15.1. The zero-order valence-electron chi connectivity index (χ0n) is 8.03. The Labute approximate surface area is 104 Å². The highest BCUT2D eigenvalue weighted by atomic mass is 35.5. The highest BCUT2D eigenvalue weighted by Gasteiger charge is 2.09. The molecule has 0 atom stereocenters. The van der Waals surface area contributed by atoms with Crippen molar-refractivity contribution in [3.63, 3.8) is 0 Å². The molecule has 0 unspecified atom stereocenters. The van der Waals surface area contributed by atoms with E-state index in [1.165, 1.54) is 12.5 Å². The van der Waals surface area contributed by atoms with Crippen LogP contribution >= 0.6 is 24.8 Å². The van der Waals surface area contributed by atoms with Crippen LogP contribution in [0.5, 0.6) is 6.08 Å². The van der Waals surface area contributed by atoms with Crippen LogP contribution in [-0.4, -0.2) is 11.0 Å². The molecule has 0 fully saturated rings. The highest BCUT2D eigenvalue weighted by Crippen LogP contribution is 2.08. The number of carbonyl (C=O) groups is 1. The van der Waals surface area contributed by atoms with Crippen LogP contribution in [0.3, 0.4) is 0 Å². The number of hydrogen-bond acceptors (Lipinski definition) is 4. The Morgan fingerprint density at radius 1 is 1.19 bits per heavy atom. The maximum absolute atomic E-state index is 11.4. The third kappa shape index (κ3) is 3.56. The lowest BCUT2D eigenvalue weighted by atomic mass is 10.2. The summed E-state index contributed by atoms with van der Waals surface area (Å²) in [5.41, 5.74) is 0.464. The Morgan fingerprint density at radius 2 is 1.88 bits per heavy atom. The number of halogens is 2. The predicted octanol–water partition coefficient (Wildman–Crippen LogP) is 2.74. The van der Waals surface area contributed by atoms with Gasteiger partial charge in [0.15, 0.2) is 0 Å². The van der Waals surface area contributed by atoms with E-state index in [1.807, 2.05) is 6.07 Å². The number of rotatable bonds is 2.